The lowest BCUT2D eigenvalue weighted by Gasteiger charge is -2.12. The first kappa shape index (κ1) is 17.1. The number of hydrogen-bond acceptors (Lipinski definition) is 4. The SMILES string of the molecule is CN(C)S(=O)(=O)c1ccc(C(=O)Nc2ccc3c(c2)CC(=O)N3)cc1. The number of nitrogens with one attached hydrogen (secondary N) is 2. The third kappa shape index (κ3) is 3.40. The number of anilines is 2. The molecule has 0 bridgehead atoms. The van der Waals surface area contributed by atoms with Crippen molar-refractivity contribution in [3.05, 3.63) is 53.6 Å². The van der Waals surface area contributed by atoms with Crippen LogP contribution in [0.3, 0.4) is 0 Å². The molecule has 2 amide bonds. The van der Waals surface area contributed by atoms with Crippen LogP contribution >= 0.6 is 0 Å². The highest BCUT2D eigenvalue weighted by Gasteiger charge is 2.19. The lowest BCUT2D eigenvalue weighted by Crippen LogP contribution is -2.22. The van der Waals surface area contributed by atoms with Crippen molar-refractivity contribution in [2.45, 2.75) is 11.3 Å². The van der Waals surface area contributed by atoms with Gasteiger partial charge in [0.25, 0.3) is 5.91 Å². The Kier molecular flexibility index (Phi) is 4.32. The highest BCUT2D eigenvalue weighted by Crippen LogP contribution is 2.26. The Hall–Kier alpha value is -2.71. The van der Waals surface area contributed by atoms with E-state index >= 15 is 0 Å². The number of amides is 2. The second-order valence-electron chi connectivity index (χ2n) is 5.86. The molecule has 0 fully saturated rings. The zero-order valence-electron chi connectivity index (χ0n) is 13.7. The maximum Gasteiger partial charge on any atom is 0.255 e. The third-order valence-electron chi connectivity index (χ3n) is 3.88. The molecule has 25 heavy (non-hydrogen) atoms. The van der Waals surface area contributed by atoms with Gasteiger partial charge in [0.2, 0.25) is 15.9 Å². The minimum atomic E-state index is -3.53. The Morgan fingerprint density at radius 2 is 1.80 bits per heavy atom. The fourth-order valence-electron chi connectivity index (χ4n) is 2.50. The molecule has 0 radical (unpaired) electrons. The fourth-order valence-corrected chi connectivity index (χ4v) is 3.40. The van der Waals surface area contributed by atoms with Crippen molar-refractivity contribution in [2.24, 2.45) is 0 Å². The van der Waals surface area contributed by atoms with Crippen molar-refractivity contribution in [3.63, 3.8) is 0 Å². The molecule has 3 rings (SSSR count). The molecular weight excluding hydrogens is 342 g/mol. The first-order chi connectivity index (χ1) is 11.8. The van der Waals surface area contributed by atoms with Gasteiger partial charge in [-0.25, -0.2) is 12.7 Å². The molecule has 0 unspecified atom stereocenters. The summed E-state index contributed by atoms with van der Waals surface area (Å²) in [4.78, 5) is 23.8. The highest BCUT2D eigenvalue weighted by atomic mass is 32.2. The predicted molar refractivity (Wildman–Crippen MR) is 94.0 cm³/mol. The molecule has 2 aromatic rings. The van der Waals surface area contributed by atoms with Crippen LogP contribution in [0.1, 0.15) is 15.9 Å². The van der Waals surface area contributed by atoms with E-state index < -0.39 is 10.0 Å². The summed E-state index contributed by atoms with van der Waals surface area (Å²) in [6.07, 6.45) is 0.288. The Morgan fingerprint density at radius 1 is 1.12 bits per heavy atom. The molecule has 1 heterocycles. The molecule has 130 valence electrons. The van der Waals surface area contributed by atoms with Crippen LogP contribution in [0.2, 0.25) is 0 Å². The van der Waals surface area contributed by atoms with E-state index in [9.17, 15) is 18.0 Å². The van der Waals surface area contributed by atoms with Gasteiger partial charge in [0.05, 0.1) is 11.3 Å². The van der Waals surface area contributed by atoms with Crippen LogP contribution in [-0.4, -0.2) is 38.6 Å². The van der Waals surface area contributed by atoms with Gasteiger partial charge >= 0.3 is 0 Å². The summed E-state index contributed by atoms with van der Waals surface area (Å²) >= 11 is 0. The Bertz CT molecular complexity index is 950. The second kappa shape index (κ2) is 6.30. The summed E-state index contributed by atoms with van der Waals surface area (Å²) < 4.78 is 25.2. The van der Waals surface area contributed by atoms with Crippen molar-refractivity contribution in [1.29, 1.82) is 0 Å². The van der Waals surface area contributed by atoms with Crippen LogP contribution in [0.25, 0.3) is 0 Å². The molecule has 8 heteroatoms. The first-order valence-electron chi connectivity index (χ1n) is 7.54. The zero-order chi connectivity index (χ0) is 18.2. The van der Waals surface area contributed by atoms with E-state index in [1.54, 1.807) is 18.2 Å². The summed E-state index contributed by atoms with van der Waals surface area (Å²) in [5.74, 6) is -0.429. The van der Waals surface area contributed by atoms with Gasteiger partial charge in [-0.1, -0.05) is 0 Å². The normalized spacial score (nSPS) is 13.5. The van der Waals surface area contributed by atoms with E-state index in [0.29, 0.717) is 11.3 Å². The molecule has 0 aromatic heterocycles. The van der Waals surface area contributed by atoms with Crippen LogP contribution in [0.15, 0.2) is 47.4 Å². The van der Waals surface area contributed by atoms with Crippen LogP contribution < -0.4 is 10.6 Å². The predicted octanol–water partition coefficient (Wildman–Crippen LogP) is 1.68. The number of hydrogen-bond donors (Lipinski definition) is 2. The molecule has 1 aliphatic rings. The molecule has 0 spiro atoms. The fraction of sp³-hybridized carbons (Fsp3) is 0.176. The standard InChI is InChI=1S/C17H17N3O4S/c1-20(2)25(23,24)14-6-3-11(4-7-14)17(22)18-13-5-8-15-12(9-13)10-16(21)19-15/h3-9H,10H2,1-2H3,(H,18,22)(H,19,21). The summed E-state index contributed by atoms with van der Waals surface area (Å²) in [5, 5.41) is 5.47. The minimum Gasteiger partial charge on any atom is -0.326 e. The molecule has 2 aromatic carbocycles. The van der Waals surface area contributed by atoms with Gasteiger partial charge in [0.1, 0.15) is 0 Å². The highest BCUT2D eigenvalue weighted by molar-refractivity contribution is 7.89. The van der Waals surface area contributed by atoms with E-state index in [4.69, 9.17) is 0 Å². The summed E-state index contributed by atoms with van der Waals surface area (Å²) in [5.41, 5.74) is 2.49. The van der Waals surface area contributed by atoms with E-state index in [0.717, 1.165) is 15.6 Å². The van der Waals surface area contributed by atoms with Gasteiger partial charge in [-0.3, -0.25) is 9.59 Å². The molecule has 0 saturated carbocycles. The van der Waals surface area contributed by atoms with Crippen LogP contribution in [0.4, 0.5) is 11.4 Å². The largest absolute Gasteiger partial charge is 0.326 e. The Balaban J connectivity index is 1.76. The third-order valence-corrected chi connectivity index (χ3v) is 5.71. The van der Waals surface area contributed by atoms with E-state index in [1.807, 2.05) is 0 Å². The van der Waals surface area contributed by atoms with Gasteiger partial charge in [-0.15, -0.1) is 0 Å². The quantitative estimate of drug-likeness (QED) is 0.868. The Morgan fingerprint density at radius 3 is 2.44 bits per heavy atom. The second-order valence-corrected chi connectivity index (χ2v) is 8.01. The summed E-state index contributed by atoms with van der Waals surface area (Å²) in [6, 6.07) is 10.9. The number of carbonyl (C=O) groups is 2. The minimum absolute atomic E-state index is 0.0730. The first-order valence-corrected chi connectivity index (χ1v) is 8.98. The van der Waals surface area contributed by atoms with Gasteiger partial charge in [-0.2, -0.15) is 0 Å². The van der Waals surface area contributed by atoms with Gasteiger partial charge in [-0.05, 0) is 48.0 Å². The number of fused-ring (bicyclic) bond motifs is 1. The number of nitrogens with zero attached hydrogens (tertiary/aromatic N) is 1. The van der Waals surface area contributed by atoms with Crippen molar-refractivity contribution in [1.82, 2.24) is 4.31 Å². The number of benzene rings is 2. The monoisotopic (exact) mass is 359 g/mol. The van der Waals surface area contributed by atoms with Gasteiger partial charge < -0.3 is 10.6 Å². The molecular formula is C17H17N3O4S. The maximum atomic E-state index is 12.3. The van der Waals surface area contributed by atoms with Crippen molar-refractivity contribution in [3.8, 4) is 0 Å². The van der Waals surface area contributed by atoms with Crippen LogP contribution in [-0.2, 0) is 21.2 Å². The van der Waals surface area contributed by atoms with E-state index in [1.165, 1.54) is 38.4 Å². The average molecular weight is 359 g/mol. The van der Waals surface area contributed by atoms with Crippen LogP contribution in [0, 0.1) is 0 Å². The van der Waals surface area contributed by atoms with Crippen molar-refractivity contribution >= 4 is 33.2 Å². The smallest absolute Gasteiger partial charge is 0.255 e. The molecule has 2 N–H and O–H groups in total. The lowest BCUT2D eigenvalue weighted by atomic mass is 10.1. The maximum absolute atomic E-state index is 12.3. The Labute approximate surface area is 145 Å². The lowest BCUT2D eigenvalue weighted by molar-refractivity contribution is -0.115. The van der Waals surface area contributed by atoms with Crippen molar-refractivity contribution in [2.75, 3.05) is 24.7 Å². The van der Waals surface area contributed by atoms with Gasteiger partial charge in [0.15, 0.2) is 0 Å². The molecule has 7 nitrogen and oxygen atoms in total. The molecule has 1 aliphatic heterocycles. The zero-order valence-corrected chi connectivity index (χ0v) is 14.6. The molecule has 0 atom stereocenters. The van der Waals surface area contributed by atoms with Gasteiger partial charge in [0, 0.05) is 31.0 Å². The number of carbonyl (C=O) groups excluding carboxylic acids is 2. The topological polar surface area (TPSA) is 95.6 Å². The number of sulfonamides is 1. The van der Waals surface area contributed by atoms with E-state index in [2.05, 4.69) is 10.6 Å². The number of rotatable bonds is 4. The molecule has 0 aliphatic carbocycles. The average Bonchev–Trinajstić information content (AvgIpc) is 2.94. The molecule has 0 saturated heterocycles. The van der Waals surface area contributed by atoms with Crippen molar-refractivity contribution < 1.29 is 18.0 Å². The van der Waals surface area contributed by atoms with E-state index in [-0.39, 0.29) is 23.1 Å². The summed E-state index contributed by atoms with van der Waals surface area (Å²) in [7, 11) is -0.632. The summed E-state index contributed by atoms with van der Waals surface area (Å²) in [6.45, 7) is 0. The van der Waals surface area contributed by atoms with Crippen LogP contribution in [0.5, 0.6) is 0 Å².